The summed E-state index contributed by atoms with van der Waals surface area (Å²) in [7, 11) is 0. The number of pyridine rings is 1. The number of piperazine rings is 1. The number of hydrogen-bond acceptors (Lipinski definition) is 7. The molecule has 0 radical (unpaired) electrons. The highest BCUT2D eigenvalue weighted by Gasteiger charge is 2.41. The van der Waals surface area contributed by atoms with Gasteiger partial charge in [0.25, 0.3) is 0 Å². The van der Waals surface area contributed by atoms with Crippen LogP contribution >= 0.6 is 11.6 Å². The summed E-state index contributed by atoms with van der Waals surface area (Å²) in [5, 5.41) is 12.2. The summed E-state index contributed by atoms with van der Waals surface area (Å²) < 4.78 is 15.3. The molecule has 4 aliphatic rings. The lowest BCUT2D eigenvalue weighted by atomic mass is 9.72. The van der Waals surface area contributed by atoms with Crippen LogP contribution in [0.1, 0.15) is 37.2 Å². The molecule has 1 amide bonds. The predicted octanol–water partition coefficient (Wildman–Crippen LogP) is 4.94. The zero-order valence-electron chi connectivity index (χ0n) is 20.1. The number of fused-ring (bicyclic) bond motifs is 4. The summed E-state index contributed by atoms with van der Waals surface area (Å²) in [6.07, 6.45) is 6.12. The highest BCUT2D eigenvalue weighted by molar-refractivity contribution is 6.32. The first kappa shape index (κ1) is 23.6. The van der Waals surface area contributed by atoms with E-state index in [-0.39, 0.29) is 40.5 Å². The van der Waals surface area contributed by atoms with Crippen LogP contribution in [0, 0.1) is 23.1 Å². The number of nitriles is 1. The van der Waals surface area contributed by atoms with Crippen LogP contribution in [0.15, 0.2) is 43.2 Å². The number of piperidine rings is 2. The smallest absolute Gasteiger partial charge is 0.246 e. The van der Waals surface area contributed by atoms with Crippen LogP contribution in [0.3, 0.4) is 0 Å². The fourth-order valence-corrected chi connectivity index (χ4v) is 6.08. The maximum Gasteiger partial charge on any atom is 0.246 e. The molecule has 2 atom stereocenters. The third-order valence-electron chi connectivity index (χ3n) is 7.87. The molecule has 5 heterocycles. The molecule has 1 aromatic carbocycles. The van der Waals surface area contributed by atoms with Crippen molar-refractivity contribution < 1.29 is 9.18 Å². The zero-order valence-corrected chi connectivity index (χ0v) is 20.8. The number of halogens is 2. The maximum atomic E-state index is 15.3. The molecule has 0 unspecified atom stereocenters. The van der Waals surface area contributed by atoms with Gasteiger partial charge in [-0.25, -0.2) is 19.3 Å². The number of anilines is 3. The Labute approximate surface area is 218 Å². The lowest BCUT2D eigenvalue weighted by Crippen LogP contribution is -2.64. The molecule has 188 valence electrons. The number of amides is 1. The minimum absolute atomic E-state index is 0.00949. The van der Waals surface area contributed by atoms with E-state index in [9.17, 15) is 4.79 Å². The van der Waals surface area contributed by atoms with E-state index in [1.54, 1.807) is 6.07 Å². The molecule has 2 aromatic heterocycles. The van der Waals surface area contributed by atoms with Crippen molar-refractivity contribution in [3.8, 4) is 6.07 Å². The number of benzene rings is 1. The van der Waals surface area contributed by atoms with Gasteiger partial charge in [-0.3, -0.25) is 4.79 Å². The van der Waals surface area contributed by atoms with Crippen LogP contribution < -0.4 is 10.2 Å². The van der Waals surface area contributed by atoms with E-state index in [1.807, 2.05) is 23.1 Å². The van der Waals surface area contributed by atoms with Crippen LogP contribution in [0.25, 0.3) is 11.0 Å². The molecule has 1 saturated carbocycles. The molecule has 0 spiro atoms. The van der Waals surface area contributed by atoms with Crippen LogP contribution in [0.5, 0.6) is 0 Å². The SMILES string of the molecule is C=CC(=O)N1C[C@@H]2CC[C@H]1CN2c1ccc2ncnc(Nc3ccc(C4CC(C#N)C4)c(Cl)c3F)c2n1. The first-order valence-electron chi connectivity index (χ1n) is 12.4. The first-order chi connectivity index (χ1) is 18.0. The van der Waals surface area contributed by atoms with Crippen molar-refractivity contribution in [3.63, 3.8) is 0 Å². The molecule has 3 aromatic rings. The fraction of sp³-hybridized carbons (Fsp3) is 0.370. The molecule has 4 fully saturated rings. The molecule has 1 N–H and O–H groups in total. The first-order valence-corrected chi connectivity index (χ1v) is 12.8. The largest absolute Gasteiger partial charge is 0.350 e. The Hall–Kier alpha value is -3.77. The highest BCUT2D eigenvalue weighted by Crippen LogP contribution is 2.45. The molecular formula is C27H25ClFN7O. The standard InChI is InChI=1S/C27H25ClFN7O/c1-2-23(37)36-13-17-3-4-18(36)12-35(17)22-8-7-21-26(34-22)27(32-14-31-21)33-20-6-5-19(24(28)25(20)29)16-9-15(10-16)11-30/h2,5-8,14-18H,1,3-4,9-10,12-13H2,(H,31,32,33)/t15?,16?,17-,18-/m0/s1. The average Bonchev–Trinajstić information content (AvgIpc) is 2.91. The average molecular weight is 518 g/mol. The van der Waals surface area contributed by atoms with Crippen molar-refractivity contribution in [1.82, 2.24) is 19.9 Å². The van der Waals surface area contributed by atoms with Crippen molar-refractivity contribution in [1.29, 1.82) is 5.26 Å². The summed E-state index contributed by atoms with van der Waals surface area (Å²) in [4.78, 5) is 29.9. The van der Waals surface area contributed by atoms with Crippen LogP contribution in [0.4, 0.5) is 21.7 Å². The minimum Gasteiger partial charge on any atom is -0.350 e. The van der Waals surface area contributed by atoms with E-state index < -0.39 is 5.82 Å². The maximum absolute atomic E-state index is 15.3. The molecular weight excluding hydrogens is 493 g/mol. The summed E-state index contributed by atoms with van der Waals surface area (Å²) in [6.45, 7) is 4.96. The topological polar surface area (TPSA) is 98.0 Å². The summed E-state index contributed by atoms with van der Waals surface area (Å²) in [5.41, 5.74) is 2.09. The van der Waals surface area contributed by atoms with Gasteiger partial charge in [0.1, 0.15) is 17.7 Å². The van der Waals surface area contributed by atoms with E-state index in [1.165, 1.54) is 12.4 Å². The van der Waals surface area contributed by atoms with Gasteiger partial charge >= 0.3 is 0 Å². The molecule has 37 heavy (non-hydrogen) atoms. The third-order valence-corrected chi connectivity index (χ3v) is 8.26. The van der Waals surface area contributed by atoms with Crippen molar-refractivity contribution in [2.45, 2.75) is 43.7 Å². The van der Waals surface area contributed by atoms with Gasteiger partial charge in [-0.1, -0.05) is 24.2 Å². The lowest BCUT2D eigenvalue weighted by Gasteiger charge is -2.51. The Kier molecular flexibility index (Phi) is 5.92. The highest BCUT2D eigenvalue weighted by atomic mass is 35.5. The Morgan fingerprint density at radius 1 is 1.19 bits per heavy atom. The van der Waals surface area contributed by atoms with Crippen molar-refractivity contribution >= 4 is 45.9 Å². The van der Waals surface area contributed by atoms with E-state index in [0.29, 0.717) is 42.8 Å². The predicted molar refractivity (Wildman–Crippen MR) is 139 cm³/mol. The van der Waals surface area contributed by atoms with Crippen LogP contribution in [-0.4, -0.2) is 50.9 Å². The quantitative estimate of drug-likeness (QED) is 0.478. The van der Waals surface area contributed by atoms with Gasteiger partial charge in [-0.15, -0.1) is 0 Å². The number of carbonyl (C=O) groups is 1. The van der Waals surface area contributed by atoms with Gasteiger partial charge in [0.15, 0.2) is 11.6 Å². The number of hydrogen-bond donors (Lipinski definition) is 1. The number of carbonyl (C=O) groups excluding carboxylic acids is 1. The van der Waals surface area contributed by atoms with Crippen molar-refractivity contribution in [3.05, 3.63) is 59.7 Å². The normalized spacial score (nSPS) is 24.5. The monoisotopic (exact) mass is 517 g/mol. The van der Waals surface area contributed by atoms with Gasteiger partial charge in [0, 0.05) is 31.1 Å². The van der Waals surface area contributed by atoms with E-state index in [2.05, 4.69) is 32.8 Å². The van der Waals surface area contributed by atoms with Crippen molar-refractivity contribution in [2.75, 3.05) is 23.3 Å². The van der Waals surface area contributed by atoms with Gasteiger partial charge < -0.3 is 15.1 Å². The summed E-state index contributed by atoms with van der Waals surface area (Å²) in [6, 6.07) is 9.81. The Morgan fingerprint density at radius 3 is 2.73 bits per heavy atom. The zero-order chi connectivity index (χ0) is 25.7. The van der Waals surface area contributed by atoms with Gasteiger partial charge in [-0.05, 0) is 61.4 Å². The van der Waals surface area contributed by atoms with Crippen LogP contribution in [0.2, 0.25) is 5.02 Å². The fourth-order valence-electron chi connectivity index (χ4n) is 5.76. The Balaban J connectivity index is 1.28. The van der Waals surface area contributed by atoms with Crippen molar-refractivity contribution in [2.24, 2.45) is 5.92 Å². The second-order valence-electron chi connectivity index (χ2n) is 9.94. The molecule has 3 saturated heterocycles. The van der Waals surface area contributed by atoms with Gasteiger partial charge in [0.2, 0.25) is 5.91 Å². The summed E-state index contributed by atoms with van der Waals surface area (Å²) in [5.74, 6) is 0.681. The third kappa shape index (κ3) is 4.05. The molecule has 8 nitrogen and oxygen atoms in total. The Morgan fingerprint density at radius 2 is 2.00 bits per heavy atom. The lowest BCUT2D eigenvalue weighted by molar-refractivity contribution is -0.131. The number of aromatic nitrogens is 3. The molecule has 10 heteroatoms. The molecule has 7 rings (SSSR count). The van der Waals surface area contributed by atoms with Gasteiger partial charge in [-0.2, -0.15) is 5.26 Å². The second kappa shape index (κ2) is 9.27. The molecule has 1 aliphatic carbocycles. The minimum atomic E-state index is -0.553. The number of rotatable bonds is 5. The van der Waals surface area contributed by atoms with E-state index >= 15 is 4.39 Å². The Bertz CT molecular complexity index is 1450. The molecule has 3 aliphatic heterocycles. The van der Waals surface area contributed by atoms with Gasteiger partial charge in [0.05, 0.1) is 22.3 Å². The number of nitrogens with zero attached hydrogens (tertiary/aromatic N) is 6. The second-order valence-corrected chi connectivity index (χ2v) is 10.3. The van der Waals surface area contributed by atoms with E-state index in [4.69, 9.17) is 21.8 Å². The molecule has 2 bridgehead atoms. The number of nitrogens with one attached hydrogen (secondary N) is 1. The van der Waals surface area contributed by atoms with Crippen LogP contribution in [-0.2, 0) is 4.79 Å². The summed E-state index contributed by atoms with van der Waals surface area (Å²) >= 11 is 6.40. The van der Waals surface area contributed by atoms with E-state index in [0.717, 1.165) is 24.2 Å².